The van der Waals surface area contributed by atoms with Gasteiger partial charge in [0.2, 0.25) is 0 Å². The molecule has 1 aliphatic carbocycles. The number of amides is 1. The normalized spacial score (nSPS) is 21.3. The number of morpholine rings is 1. The van der Waals surface area contributed by atoms with E-state index in [1.807, 2.05) is 0 Å². The number of aromatic nitrogens is 3. The van der Waals surface area contributed by atoms with Crippen LogP contribution in [0.25, 0.3) is 11.0 Å². The maximum atomic E-state index is 12.4. The van der Waals surface area contributed by atoms with Gasteiger partial charge in [0, 0.05) is 55.7 Å². The number of fused-ring (bicyclic) bond motifs is 1. The van der Waals surface area contributed by atoms with Crippen molar-refractivity contribution in [2.45, 2.75) is 37.8 Å². The quantitative estimate of drug-likeness (QED) is 0.662. The monoisotopic (exact) mass is 433 g/mol. The van der Waals surface area contributed by atoms with Crippen LogP contribution in [0.3, 0.4) is 0 Å². The van der Waals surface area contributed by atoms with Gasteiger partial charge in [0.05, 0.1) is 30.4 Å². The molecule has 3 heterocycles. The second-order valence-corrected chi connectivity index (χ2v) is 8.27. The van der Waals surface area contributed by atoms with Gasteiger partial charge in [-0.2, -0.15) is 0 Å². The van der Waals surface area contributed by atoms with E-state index in [9.17, 15) is 4.79 Å². The number of hydrogen-bond acceptors (Lipinski definition) is 7. The van der Waals surface area contributed by atoms with E-state index < -0.39 is 0 Å². The van der Waals surface area contributed by atoms with Crippen molar-refractivity contribution in [1.82, 2.24) is 20.3 Å². The second-order valence-electron chi connectivity index (χ2n) is 8.27. The summed E-state index contributed by atoms with van der Waals surface area (Å²) in [7, 11) is 0. The van der Waals surface area contributed by atoms with E-state index >= 15 is 0 Å². The molecule has 0 radical (unpaired) electrons. The molecule has 1 aromatic carbocycles. The van der Waals surface area contributed by atoms with Gasteiger partial charge in [-0.15, -0.1) is 0 Å². The summed E-state index contributed by atoms with van der Waals surface area (Å²) < 4.78 is 11.9. The Kier molecular flexibility index (Phi) is 6.11. The molecule has 8 nitrogen and oxygen atoms in total. The molecule has 1 amide bonds. The van der Waals surface area contributed by atoms with Crippen molar-refractivity contribution in [1.29, 1.82) is 0 Å². The highest BCUT2D eigenvalue weighted by atomic mass is 16.5. The van der Waals surface area contributed by atoms with Gasteiger partial charge in [0.15, 0.2) is 0 Å². The summed E-state index contributed by atoms with van der Waals surface area (Å²) >= 11 is 0. The highest BCUT2D eigenvalue weighted by Crippen LogP contribution is 2.33. The number of benzene rings is 1. The summed E-state index contributed by atoms with van der Waals surface area (Å²) in [6, 6.07) is 7.87. The number of hydrogen-bond donors (Lipinski definition) is 1. The van der Waals surface area contributed by atoms with E-state index in [2.05, 4.69) is 37.3 Å². The summed E-state index contributed by atoms with van der Waals surface area (Å²) in [5, 5.41) is 3.13. The van der Waals surface area contributed by atoms with Gasteiger partial charge in [-0.25, -0.2) is 4.98 Å². The lowest BCUT2D eigenvalue weighted by Gasteiger charge is -2.31. The Bertz CT molecular complexity index is 1060. The number of anilines is 1. The molecule has 0 unspecified atom stereocenters. The minimum absolute atomic E-state index is 0.0676. The Morgan fingerprint density at radius 3 is 2.66 bits per heavy atom. The third-order valence-corrected chi connectivity index (χ3v) is 6.13. The maximum Gasteiger partial charge on any atom is 0.253 e. The zero-order chi connectivity index (χ0) is 21.8. The van der Waals surface area contributed by atoms with Crippen molar-refractivity contribution in [3.8, 4) is 5.75 Å². The second kappa shape index (κ2) is 9.48. The molecule has 32 heavy (non-hydrogen) atoms. The van der Waals surface area contributed by atoms with Crippen LogP contribution in [0.4, 0.5) is 5.69 Å². The molecule has 2 aliphatic rings. The fourth-order valence-corrected chi connectivity index (χ4v) is 4.39. The lowest BCUT2D eigenvalue weighted by atomic mass is 9.92. The van der Waals surface area contributed by atoms with Gasteiger partial charge in [0.1, 0.15) is 11.3 Å². The van der Waals surface area contributed by atoms with Crippen LogP contribution in [0.1, 0.15) is 36.0 Å². The number of nitrogens with zero attached hydrogens (tertiary/aromatic N) is 4. The number of rotatable bonds is 5. The molecule has 5 rings (SSSR count). The first-order chi connectivity index (χ1) is 15.8. The summed E-state index contributed by atoms with van der Waals surface area (Å²) in [5.41, 5.74) is 3.31. The molecule has 1 N–H and O–H groups in total. The lowest BCUT2D eigenvalue weighted by molar-refractivity contribution is 0.0894. The fraction of sp³-hybridized carbons (Fsp3) is 0.417. The average Bonchev–Trinajstić information content (AvgIpc) is 2.86. The van der Waals surface area contributed by atoms with Crippen molar-refractivity contribution in [2.75, 3.05) is 31.2 Å². The molecule has 1 saturated heterocycles. The van der Waals surface area contributed by atoms with Crippen LogP contribution in [0, 0.1) is 0 Å². The first-order valence-electron chi connectivity index (χ1n) is 11.2. The van der Waals surface area contributed by atoms with Gasteiger partial charge in [-0.3, -0.25) is 14.8 Å². The van der Waals surface area contributed by atoms with Crippen molar-refractivity contribution in [2.24, 2.45) is 0 Å². The van der Waals surface area contributed by atoms with Crippen LogP contribution in [-0.2, 0) is 4.74 Å². The Balaban J connectivity index is 1.25. The fourth-order valence-electron chi connectivity index (χ4n) is 4.39. The molecule has 1 aliphatic heterocycles. The molecule has 1 saturated carbocycles. The van der Waals surface area contributed by atoms with Gasteiger partial charge in [-0.1, -0.05) is 0 Å². The molecule has 0 spiro atoms. The van der Waals surface area contributed by atoms with Crippen LogP contribution in [-0.4, -0.2) is 59.3 Å². The van der Waals surface area contributed by atoms with Gasteiger partial charge in [0.25, 0.3) is 5.91 Å². The molecule has 0 atom stereocenters. The van der Waals surface area contributed by atoms with Crippen molar-refractivity contribution >= 4 is 22.6 Å². The summed E-state index contributed by atoms with van der Waals surface area (Å²) in [4.78, 5) is 27.8. The average molecular weight is 434 g/mol. The zero-order valence-electron chi connectivity index (χ0n) is 17.9. The van der Waals surface area contributed by atoms with Crippen LogP contribution in [0.15, 0.2) is 49.1 Å². The Hall–Kier alpha value is -3.26. The number of nitrogens with one attached hydrogen (secondary N) is 1. The number of carbonyl (C=O) groups excluding carboxylic acids is 1. The van der Waals surface area contributed by atoms with Crippen molar-refractivity contribution in [3.63, 3.8) is 0 Å². The van der Waals surface area contributed by atoms with E-state index in [1.165, 1.54) is 0 Å². The van der Waals surface area contributed by atoms with E-state index in [0.29, 0.717) is 5.56 Å². The predicted octanol–water partition coefficient (Wildman–Crippen LogP) is 2.98. The highest BCUT2D eigenvalue weighted by molar-refractivity contribution is 5.94. The largest absolute Gasteiger partial charge is 0.488 e. The Morgan fingerprint density at radius 1 is 1.06 bits per heavy atom. The molecular weight excluding hydrogens is 406 g/mol. The lowest BCUT2D eigenvalue weighted by Crippen LogP contribution is -2.39. The molecule has 3 aromatic rings. The van der Waals surface area contributed by atoms with Crippen LogP contribution < -0.4 is 15.0 Å². The molecular formula is C24H27N5O3. The van der Waals surface area contributed by atoms with Gasteiger partial charge >= 0.3 is 0 Å². The molecule has 2 aromatic heterocycles. The molecule has 2 fully saturated rings. The first kappa shape index (κ1) is 20.6. The smallest absolute Gasteiger partial charge is 0.253 e. The van der Waals surface area contributed by atoms with Gasteiger partial charge in [-0.05, 0) is 43.9 Å². The minimum atomic E-state index is -0.0676. The Labute approximate surface area is 187 Å². The molecule has 8 heteroatoms. The topological polar surface area (TPSA) is 89.5 Å². The van der Waals surface area contributed by atoms with Crippen LogP contribution >= 0.6 is 0 Å². The third-order valence-electron chi connectivity index (χ3n) is 6.13. The number of pyridine rings is 1. The van der Waals surface area contributed by atoms with E-state index in [1.54, 1.807) is 36.9 Å². The van der Waals surface area contributed by atoms with Gasteiger partial charge < -0.3 is 19.7 Å². The van der Waals surface area contributed by atoms with Crippen LogP contribution in [0.2, 0.25) is 0 Å². The molecule has 166 valence electrons. The highest BCUT2D eigenvalue weighted by Gasteiger charge is 2.25. The Morgan fingerprint density at radius 2 is 1.88 bits per heavy atom. The summed E-state index contributed by atoms with van der Waals surface area (Å²) in [5.74, 6) is 0.710. The molecule has 0 bridgehead atoms. The first-order valence-corrected chi connectivity index (χ1v) is 11.2. The minimum Gasteiger partial charge on any atom is -0.488 e. The predicted molar refractivity (Wildman–Crippen MR) is 121 cm³/mol. The van der Waals surface area contributed by atoms with E-state index in [4.69, 9.17) is 9.47 Å². The zero-order valence-corrected chi connectivity index (χ0v) is 17.9. The van der Waals surface area contributed by atoms with Crippen molar-refractivity contribution < 1.29 is 14.3 Å². The summed E-state index contributed by atoms with van der Waals surface area (Å²) in [6.07, 6.45) is 10.3. The third kappa shape index (κ3) is 4.65. The summed E-state index contributed by atoms with van der Waals surface area (Å²) in [6.45, 7) is 3.16. The number of ether oxygens (including phenoxy) is 2. The van der Waals surface area contributed by atoms with Crippen molar-refractivity contribution in [3.05, 3.63) is 54.6 Å². The van der Waals surface area contributed by atoms with Crippen LogP contribution in [0.5, 0.6) is 5.75 Å². The SMILES string of the molecule is O=C(N[C@H]1CC[C@@H](Oc2cc(N3CCOCC3)cc3nccnc23)CC1)c1cccnc1. The van der Waals surface area contributed by atoms with E-state index in [-0.39, 0.29) is 18.1 Å². The number of carbonyl (C=O) groups is 1. The maximum absolute atomic E-state index is 12.4. The standard InChI is InChI=1S/C24H27N5O3/c30-24(17-2-1-7-25-16-17)28-18-3-5-20(6-4-18)32-22-15-19(29-10-12-31-13-11-29)14-21-23(22)27-9-8-26-21/h1-2,7-9,14-16,18,20H,3-6,10-13H2,(H,28,30)/t18-,20+. The van der Waals surface area contributed by atoms with E-state index in [0.717, 1.165) is 74.5 Å².